The fraction of sp³-hybridized carbons (Fsp3) is 0.562. The molecule has 0 heterocycles. The number of anilines is 1. The van der Waals surface area contributed by atoms with Gasteiger partial charge in [-0.2, -0.15) is 0 Å². The largest absolute Gasteiger partial charge is 0.383 e. The van der Waals surface area contributed by atoms with Gasteiger partial charge in [0, 0.05) is 13.2 Å². The van der Waals surface area contributed by atoms with Crippen molar-refractivity contribution in [2.75, 3.05) is 24.3 Å². The Bertz CT molecular complexity index is 613. The first-order chi connectivity index (χ1) is 10.7. The molecular formula is C16H26N2O4S. The Morgan fingerprint density at radius 3 is 2.30 bits per heavy atom. The average Bonchev–Trinajstić information content (AvgIpc) is 2.44. The Kier molecular flexibility index (Phi) is 7.02. The van der Waals surface area contributed by atoms with E-state index in [-0.39, 0.29) is 11.9 Å². The molecule has 0 saturated carbocycles. The number of ether oxygens (including phenoxy) is 1. The van der Waals surface area contributed by atoms with E-state index in [4.69, 9.17) is 4.74 Å². The summed E-state index contributed by atoms with van der Waals surface area (Å²) in [5.41, 5.74) is 1.51. The standard InChI is InChI=1S/C16H26N2O4S/c1-6-15(16(19)17-13(3)11-22-4)18(23(5,20)21)14-9-7-12(2)8-10-14/h7-10,13,15H,6,11H2,1-5H3,(H,17,19)/t13-,15-/m0/s1. The molecule has 0 bridgehead atoms. The molecule has 0 spiro atoms. The quantitative estimate of drug-likeness (QED) is 0.780. The lowest BCUT2D eigenvalue weighted by Gasteiger charge is -2.31. The molecule has 1 amide bonds. The molecule has 0 saturated heterocycles. The maximum Gasteiger partial charge on any atom is 0.244 e. The zero-order chi connectivity index (χ0) is 17.6. The van der Waals surface area contributed by atoms with Crippen LogP contribution in [0, 0.1) is 6.92 Å². The summed E-state index contributed by atoms with van der Waals surface area (Å²) in [6, 6.07) is 6.08. The second-order valence-electron chi connectivity index (χ2n) is 5.68. The number of amides is 1. The van der Waals surface area contributed by atoms with E-state index in [2.05, 4.69) is 5.32 Å². The van der Waals surface area contributed by atoms with Gasteiger partial charge in [-0.3, -0.25) is 9.10 Å². The zero-order valence-electron chi connectivity index (χ0n) is 14.4. The van der Waals surface area contributed by atoms with E-state index >= 15 is 0 Å². The highest BCUT2D eigenvalue weighted by molar-refractivity contribution is 7.92. The van der Waals surface area contributed by atoms with Crippen molar-refractivity contribution in [1.82, 2.24) is 5.32 Å². The smallest absolute Gasteiger partial charge is 0.244 e. The van der Waals surface area contributed by atoms with Crippen LogP contribution in [0.5, 0.6) is 0 Å². The first-order valence-electron chi connectivity index (χ1n) is 7.56. The van der Waals surface area contributed by atoms with Crippen LogP contribution in [0.3, 0.4) is 0 Å². The molecule has 1 N–H and O–H groups in total. The van der Waals surface area contributed by atoms with Crippen LogP contribution in [-0.2, 0) is 19.6 Å². The number of rotatable bonds is 8. The molecule has 6 nitrogen and oxygen atoms in total. The van der Waals surface area contributed by atoms with Crippen molar-refractivity contribution in [3.05, 3.63) is 29.8 Å². The molecule has 0 aromatic heterocycles. The maximum atomic E-state index is 12.5. The van der Waals surface area contributed by atoms with Crippen molar-refractivity contribution < 1.29 is 17.9 Å². The highest BCUT2D eigenvalue weighted by Crippen LogP contribution is 2.23. The van der Waals surface area contributed by atoms with Crippen molar-refractivity contribution in [3.8, 4) is 0 Å². The van der Waals surface area contributed by atoms with Crippen LogP contribution in [0.25, 0.3) is 0 Å². The van der Waals surface area contributed by atoms with Crippen LogP contribution in [-0.4, -0.2) is 46.4 Å². The Morgan fingerprint density at radius 2 is 1.87 bits per heavy atom. The van der Waals surface area contributed by atoms with E-state index < -0.39 is 16.1 Å². The Hall–Kier alpha value is -1.60. The topological polar surface area (TPSA) is 75.7 Å². The van der Waals surface area contributed by atoms with Crippen molar-refractivity contribution in [1.29, 1.82) is 0 Å². The summed E-state index contributed by atoms with van der Waals surface area (Å²) in [7, 11) is -2.04. The summed E-state index contributed by atoms with van der Waals surface area (Å²) < 4.78 is 30.7. The molecule has 7 heteroatoms. The molecule has 0 aliphatic heterocycles. The average molecular weight is 342 g/mol. The lowest BCUT2D eigenvalue weighted by molar-refractivity contribution is -0.123. The summed E-state index contributed by atoms with van der Waals surface area (Å²) in [6.07, 6.45) is 1.48. The number of nitrogens with one attached hydrogen (secondary N) is 1. The van der Waals surface area contributed by atoms with Gasteiger partial charge in [0.15, 0.2) is 0 Å². The fourth-order valence-corrected chi connectivity index (χ4v) is 3.59. The first kappa shape index (κ1) is 19.4. The number of nitrogens with zero attached hydrogens (tertiary/aromatic N) is 1. The third-order valence-corrected chi connectivity index (χ3v) is 4.60. The van der Waals surface area contributed by atoms with Crippen molar-refractivity contribution >= 4 is 21.6 Å². The summed E-state index contributed by atoms with van der Waals surface area (Å²) in [5, 5.41) is 2.80. The van der Waals surface area contributed by atoms with Crippen molar-refractivity contribution in [2.24, 2.45) is 0 Å². The van der Waals surface area contributed by atoms with Crippen molar-refractivity contribution in [3.63, 3.8) is 0 Å². The van der Waals surface area contributed by atoms with Gasteiger partial charge in [0.1, 0.15) is 6.04 Å². The molecule has 1 rings (SSSR count). The molecule has 1 aromatic carbocycles. The third kappa shape index (κ3) is 5.51. The van der Waals surface area contributed by atoms with Crippen LogP contribution in [0.2, 0.25) is 0 Å². The van der Waals surface area contributed by atoms with E-state index in [9.17, 15) is 13.2 Å². The molecule has 130 valence electrons. The Morgan fingerprint density at radius 1 is 1.30 bits per heavy atom. The highest BCUT2D eigenvalue weighted by Gasteiger charge is 2.31. The number of carbonyl (C=O) groups is 1. The van der Waals surface area contributed by atoms with E-state index in [1.807, 2.05) is 26.0 Å². The van der Waals surface area contributed by atoms with Gasteiger partial charge in [-0.05, 0) is 32.4 Å². The number of hydrogen-bond donors (Lipinski definition) is 1. The summed E-state index contributed by atoms with van der Waals surface area (Å²) in [4.78, 5) is 12.5. The number of methoxy groups -OCH3 is 1. The molecule has 1 aromatic rings. The number of aryl methyl sites for hydroxylation is 1. The minimum atomic E-state index is -3.59. The highest BCUT2D eigenvalue weighted by atomic mass is 32.2. The van der Waals surface area contributed by atoms with Crippen LogP contribution in [0.4, 0.5) is 5.69 Å². The van der Waals surface area contributed by atoms with E-state index in [1.54, 1.807) is 26.2 Å². The minimum Gasteiger partial charge on any atom is -0.383 e. The minimum absolute atomic E-state index is 0.194. The molecule has 0 aliphatic rings. The normalized spacial score (nSPS) is 14.1. The Labute approximate surface area is 138 Å². The molecule has 0 unspecified atom stereocenters. The molecule has 0 radical (unpaired) electrons. The van der Waals surface area contributed by atoms with Gasteiger partial charge in [0.2, 0.25) is 15.9 Å². The first-order valence-corrected chi connectivity index (χ1v) is 9.40. The molecule has 23 heavy (non-hydrogen) atoms. The van der Waals surface area contributed by atoms with Gasteiger partial charge in [-0.15, -0.1) is 0 Å². The predicted octanol–water partition coefficient (Wildman–Crippen LogP) is 1.69. The molecular weight excluding hydrogens is 316 g/mol. The lowest BCUT2D eigenvalue weighted by Crippen LogP contribution is -2.51. The monoisotopic (exact) mass is 342 g/mol. The summed E-state index contributed by atoms with van der Waals surface area (Å²) in [6.45, 7) is 5.89. The van der Waals surface area contributed by atoms with E-state index in [1.165, 1.54) is 4.31 Å². The van der Waals surface area contributed by atoms with Crippen molar-refractivity contribution in [2.45, 2.75) is 39.3 Å². The van der Waals surface area contributed by atoms with Gasteiger partial charge in [0.25, 0.3) is 0 Å². The van der Waals surface area contributed by atoms with Crippen LogP contribution >= 0.6 is 0 Å². The molecule has 0 fully saturated rings. The van der Waals surface area contributed by atoms with Gasteiger partial charge < -0.3 is 10.1 Å². The summed E-state index contributed by atoms with van der Waals surface area (Å²) >= 11 is 0. The van der Waals surface area contributed by atoms with Gasteiger partial charge in [0.05, 0.1) is 18.6 Å². The summed E-state index contributed by atoms with van der Waals surface area (Å²) in [5.74, 6) is -0.331. The SMILES string of the molecule is CC[C@@H](C(=O)N[C@@H](C)COC)N(c1ccc(C)cc1)S(C)(=O)=O. The lowest BCUT2D eigenvalue weighted by atomic mass is 10.1. The zero-order valence-corrected chi connectivity index (χ0v) is 15.2. The fourth-order valence-electron chi connectivity index (χ4n) is 2.38. The van der Waals surface area contributed by atoms with Crippen LogP contribution in [0.15, 0.2) is 24.3 Å². The molecule has 0 aliphatic carbocycles. The molecule has 2 atom stereocenters. The number of carbonyl (C=O) groups excluding carboxylic acids is 1. The number of benzene rings is 1. The van der Waals surface area contributed by atoms with Crippen LogP contribution < -0.4 is 9.62 Å². The van der Waals surface area contributed by atoms with Crippen LogP contribution in [0.1, 0.15) is 25.8 Å². The van der Waals surface area contributed by atoms with Gasteiger partial charge in [-0.1, -0.05) is 24.6 Å². The number of sulfonamides is 1. The second kappa shape index (κ2) is 8.31. The van der Waals surface area contributed by atoms with E-state index in [0.717, 1.165) is 11.8 Å². The third-order valence-electron chi connectivity index (χ3n) is 3.42. The van der Waals surface area contributed by atoms with E-state index in [0.29, 0.717) is 18.7 Å². The second-order valence-corrected chi connectivity index (χ2v) is 7.54. The predicted molar refractivity (Wildman–Crippen MR) is 92.1 cm³/mol. The maximum absolute atomic E-state index is 12.5. The van der Waals surface area contributed by atoms with Gasteiger partial charge in [-0.25, -0.2) is 8.42 Å². The van der Waals surface area contributed by atoms with Gasteiger partial charge >= 0.3 is 0 Å². The number of hydrogen-bond acceptors (Lipinski definition) is 4. The Balaban J connectivity index is 3.13.